The molecule has 1 aromatic heterocycles. The predicted octanol–water partition coefficient (Wildman–Crippen LogP) is 1.50. The summed E-state index contributed by atoms with van der Waals surface area (Å²) in [6, 6.07) is 4.12. The highest BCUT2D eigenvalue weighted by Gasteiger charge is 2.14. The fourth-order valence-electron chi connectivity index (χ4n) is 1.90. The topological polar surface area (TPSA) is 43.4 Å². The van der Waals surface area contributed by atoms with Crippen LogP contribution in [-0.2, 0) is 22.6 Å². The number of aromatic nitrogens is 1. The molecule has 0 amide bonds. The van der Waals surface area contributed by atoms with Crippen molar-refractivity contribution in [3.05, 3.63) is 29.6 Å². The van der Waals surface area contributed by atoms with Crippen LogP contribution < -0.4 is 5.32 Å². The van der Waals surface area contributed by atoms with Crippen LogP contribution in [0.5, 0.6) is 0 Å². The highest BCUT2D eigenvalue weighted by Crippen LogP contribution is 2.12. The minimum atomic E-state index is 0.336. The lowest BCUT2D eigenvalue weighted by molar-refractivity contribution is -0.0399. The third-order valence-electron chi connectivity index (χ3n) is 2.90. The molecule has 1 fully saturated rings. The molecule has 0 bridgehead atoms. The molecule has 1 saturated heterocycles. The minimum Gasteiger partial charge on any atom is -0.381 e. The Morgan fingerprint density at radius 1 is 1.41 bits per heavy atom. The lowest BCUT2D eigenvalue weighted by Gasteiger charge is -2.22. The van der Waals surface area contributed by atoms with Gasteiger partial charge in [-0.25, -0.2) is 0 Å². The number of ether oxygens (including phenoxy) is 2. The molecule has 1 N–H and O–H groups in total. The van der Waals surface area contributed by atoms with E-state index in [2.05, 4.69) is 16.4 Å². The molecule has 0 aromatic carbocycles. The number of hydrogen-bond acceptors (Lipinski definition) is 4. The molecule has 2 heterocycles. The van der Waals surface area contributed by atoms with Gasteiger partial charge in [-0.05, 0) is 31.5 Å². The summed E-state index contributed by atoms with van der Waals surface area (Å²) in [7, 11) is 1.93. The Morgan fingerprint density at radius 2 is 2.24 bits per heavy atom. The van der Waals surface area contributed by atoms with Crippen molar-refractivity contribution in [2.24, 2.45) is 0 Å². The van der Waals surface area contributed by atoms with Crippen LogP contribution in [-0.4, -0.2) is 31.3 Å². The second kappa shape index (κ2) is 6.69. The van der Waals surface area contributed by atoms with Crippen molar-refractivity contribution >= 4 is 0 Å². The minimum absolute atomic E-state index is 0.336. The van der Waals surface area contributed by atoms with Gasteiger partial charge in [0.05, 0.1) is 18.4 Å². The summed E-state index contributed by atoms with van der Waals surface area (Å²) in [4.78, 5) is 4.39. The first-order valence-electron chi connectivity index (χ1n) is 6.16. The Morgan fingerprint density at radius 3 is 2.88 bits per heavy atom. The lowest BCUT2D eigenvalue weighted by Crippen LogP contribution is -2.23. The van der Waals surface area contributed by atoms with Gasteiger partial charge in [0.25, 0.3) is 0 Å². The second-order valence-corrected chi connectivity index (χ2v) is 4.31. The Bertz CT molecular complexity index is 321. The van der Waals surface area contributed by atoms with E-state index >= 15 is 0 Å². The number of nitrogens with one attached hydrogen (secondary N) is 1. The first-order valence-corrected chi connectivity index (χ1v) is 6.16. The van der Waals surface area contributed by atoms with Crippen molar-refractivity contribution in [3.63, 3.8) is 0 Å². The monoisotopic (exact) mass is 236 g/mol. The van der Waals surface area contributed by atoms with E-state index in [1.807, 2.05) is 19.3 Å². The van der Waals surface area contributed by atoms with Crippen LogP contribution in [0.15, 0.2) is 18.3 Å². The molecule has 0 spiro atoms. The Labute approximate surface area is 102 Å². The number of nitrogens with zero attached hydrogens (tertiary/aromatic N) is 1. The van der Waals surface area contributed by atoms with Crippen molar-refractivity contribution in [2.75, 3.05) is 20.3 Å². The molecule has 1 aromatic rings. The van der Waals surface area contributed by atoms with E-state index in [1.165, 1.54) is 5.56 Å². The van der Waals surface area contributed by atoms with Gasteiger partial charge < -0.3 is 14.8 Å². The Kier molecular flexibility index (Phi) is 4.91. The fourth-order valence-corrected chi connectivity index (χ4v) is 1.90. The van der Waals surface area contributed by atoms with Gasteiger partial charge in [-0.1, -0.05) is 6.07 Å². The molecule has 0 aliphatic carbocycles. The molecule has 4 heteroatoms. The van der Waals surface area contributed by atoms with Crippen molar-refractivity contribution in [3.8, 4) is 0 Å². The van der Waals surface area contributed by atoms with Crippen LogP contribution in [0.25, 0.3) is 0 Å². The highest BCUT2D eigenvalue weighted by molar-refractivity contribution is 5.13. The maximum absolute atomic E-state index is 5.81. The summed E-state index contributed by atoms with van der Waals surface area (Å²) in [6.07, 6.45) is 4.23. The number of rotatable bonds is 5. The maximum Gasteiger partial charge on any atom is 0.0891 e. The number of hydrogen-bond donors (Lipinski definition) is 1. The molecule has 1 aliphatic heterocycles. The molecular formula is C13H20N2O2. The fraction of sp³-hybridized carbons (Fsp3) is 0.615. The van der Waals surface area contributed by atoms with Crippen molar-refractivity contribution in [1.82, 2.24) is 10.3 Å². The van der Waals surface area contributed by atoms with E-state index in [4.69, 9.17) is 9.47 Å². The van der Waals surface area contributed by atoms with E-state index in [0.29, 0.717) is 12.7 Å². The molecule has 0 atom stereocenters. The van der Waals surface area contributed by atoms with Crippen LogP contribution in [0.1, 0.15) is 24.1 Å². The van der Waals surface area contributed by atoms with Gasteiger partial charge in [0.2, 0.25) is 0 Å². The van der Waals surface area contributed by atoms with Gasteiger partial charge in [-0.2, -0.15) is 0 Å². The average molecular weight is 236 g/mol. The summed E-state index contributed by atoms with van der Waals surface area (Å²) >= 11 is 0. The van der Waals surface area contributed by atoms with Crippen LogP contribution >= 0.6 is 0 Å². The molecule has 0 radical (unpaired) electrons. The Hall–Kier alpha value is -0.970. The predicted molar refractivity (Wildman–Crippen MR) is 65.6 cm³/mol. The summed E-state index contributed by atoms with van der Waals surface area (Å²) in [5.41, 5.74) is 2.19. The molecule has 2 rings (SSSR count). The van der Waals surface area contributed by atoms with Gasteiger partial charge in [0.15, 0.2) is 0 Å². The van der Waals surface area contributed by atoms with Crippen LogP contribution in [0.4, 0.5) is 0 Å². The normalized spacial score (nSPS) is 17.2. The third-order valence-corrected chi connectivity index (χ3v) is 2.90. The van der Waals surface area contributed by atoms with Gasteiger partial charge in [0, 0.05) is 26.0 Å². The molecule has 1 aliphatic rings. The maximum atomic E-state index is 5.81. The molecule has 0 unspecified atom stereocenters. The molecule has 17 heavy (non-hydrogen) atoms. The van der Waals surface area contributed by atoms with Crippen molar-refractivity contribution in [1.29, 1.82) is 0 Å². The van der Waals surface area contributed by atoms with Gasteiger partial charge in [0.1, 0.15) is 0 Å². The van der Waals surface area contributed by atoms with Crippen LogP contribution in [0.2, 0.25) is 0 Å². The van der Waals surface area contributed by atoms with E-state index in [-0.39, 0.29) is 0 Å². The smallest absolute Gasteiger partial charge is 0.0891 e. The third kappa shape index (κ3) is 4.07. The van der Waals surface area contributed by atoms with E-state index in [9.17, 15) is 0 Å². The van der Waals surface area contributed by atoms with Crippen LogP contribution in [0, 0.1) is 0 Å². The summed E-state index contributed by atoms with van der Waals surface area (Å²) in [6.45, 7) is 3.09. The van der Waals surface area contributed by atoms with Crippen LogP contribution in [0.3, 0.4) is 0 Å². The first-order chi connectivity index (χ1) is 8.38. The van der Waals surface area contributed by atoms with Gasteiger partial charge in [-0.3, -0.25) is 4.98 Å². The standard InChI is InChI=1S/C13H20N2O2/c1-14-8-11-2-3-12(15-9-11)10-17-13-4-6-16-7-5-13/h2-3,9,13-14H,4-8,10H2,1H3. The molecule has 0 saturated carbocycles. The molecule has 94 valence electrons. The number of pyridine rings is 1. The highest BCUT2D eigenvalue weighted by atomic mass is 16.5. The molecular weight excluding hydrogens is 216 g/mol. The second-order valence-electron chi connectivity index (χ2n) is 4.31. The van der Waals surface area contributed by atoms with E-state index in [1.54, 1.807) is 0 Å². The SMILES string of the molecule is CNCc1ccc(COC2CCOCC2)nc1. The van der Waals surface area contributed by atoms with Gasteiger partial charge in [-0.15, -0.1) is 0 Å². The first kappa shape index (κ1) is 12.5. The largest absolute Gasteiger partial charge is 0.381 e. The summed E-state index contributed by atoms with van der Waals surface area (Å²) in [5.74, 6) is 0. The summed E-state index contributed by atoms with van der Waals surface area (Å²) in [5, 5.41) is 3.10. The summed E-state index contributed by atoms with van der Waals surface area (Å²) < 4.78 is 11.1. The lowest BCUT2D eigenvalue weighted by atomic mass is 10.1. The van der Waals surface area contributed by atoms with Crippen molar-refractivity contribution < 1.29 is 9.47 Å². The van der Waals surface area contributed by atoms with Gasteiger partial charge >= 0.3 is 0 Å². The van der Waals surface area contributed by atoms with E-state index in [0.717, 1.165) is 38.3 Å². The average Bonchev–Trinajstić information content (AvgIpc) is 2.40. The zero-order valence-corrected chi connectivity index (χ0v) is 10.3. The quantitative estimate of drug-likeness (QED) is 0.841. The van der Waals surface area contributed by atoms with E-state index < -0.39 is 0 Å². The zero-order valence-electron chi connectivity index (χ0n) is 10.3. The van der Waals surface area contributed by atoms with Crippen molar-refractivity contribution in [2.45, 2.75) is 32.1 Å². The molecule has 4 nitrogen and oxygen atoms in total. The Balaban J connectivity index is 1.77. The zero-order chi connectivity index (χ0) is 11.9.